The number of benzene rings is 2. The first-order valence-corrected chi connectivity index (χ1v) is 7.94. The standard InChI is InChI=1S/C18H14N6O2/c25-17(20-16-10-4-9-15-14(16)8-5-11-19-15)12-23-18(26)24(22-21-23)13-6-2-1-3-7-13/h1-11H,12H2,(H,20,25). The largest absolute Gasteiger partial charge is 0.368 e. The molecule has 0 bridgehead atoms. The number of anilines is 1. The van der Waals surface area contributed by atoms with Gasteiger partial charge in [-0.05, 0) is 46.8 Å². The number of aromatic nitrogens is 5. The van der Waals surface area contributed by atoms with Crippen molar-refractivity contribution in [2.45, 2.75) is 6.54 Å². The SMILES string of the molecule is O=C(Cn1nnn(-c2ccccc2)c1=O)Nc1cccc2ncccc12. The Morgan fingerprint density at radius 1 is 0.962 bits per heavy atom. The zero-order valence-corrected chi connectivity index (χ0v) is 13.6. The normalized spacial score (nSPS) is 10.8. The van der Waals surface area contributed by atoms with E-state index in [9.17, 15) is 9.59 Å². The van der Waals surface area contributed by atoms with Gasteiger partial charge < -0.3 is 5.32 Å². The van der Waals surface area contributed by atoms with Crippen LogP contribution in [-0.2, 0) is 11.3 Å². The number of pyridine rings is 1. The number of nitrogens with one attached hydrogen (secondary N) is 1. The Kier molecular flexibility index (Phi) is 3.98. The first-order valence-electron chi connectivity index (χ1n) is 7.94. The van der Waals surface area contributed by atoms with E-state index >= 15 is 0 Å². The van der Waals surface area contributed by atoms with E-state index in [1.54, 1.807) is 42.6 Å². The lowest BCUT2D eigenvalue weighted by Crippen LogP contribution is -2.29. The molecule has 0 aliphatic rings. The Balaban J connectivity index is 1.56. The first kappa shape index (κ1) is 15.7. The molecule has 2 aromatic carbocycles. The fourth-order valence-corrected chi connectivity index (χ4v) is 2.64. The van der Waals surface area contributed by atoms with Gasteiger partial charge in [0.1, 0.15) is 6.54 Å². The van der Waals surface area contributed by atoms with E-state index in [1.807, 2.05) is 24.3 Å². The molecule has 0 spiro atoms. The molecule has 1 N–H and O–H groups in total. The van der Waals surface area contributed by atoms with Gasteiger partial charge in [-0.25, -0.2) is 4.79 Å². The number of hydrogen-bond donors (Lipinski definition) is 1. The summed E-state index contributed by atoms with van der Waals surface area (Å²) in [7, 11) is 0. The lowest BCUT2D eigenvalue weighted by molar-refractivity contribution is -0.117. The van der Waals surface area contributed by atoms with Crippen molar-refractivity contribution in [2.24, 2.45) is 0 Å². The van der Waals surface area contributed by atoms with Crippen molar-refractivity contribution in [3.8, 4) is 5.69 Å². The molecule has 0 saturated carbocycles. The number of rotatable bonds is 4. The zero-order chi connectivity index (χ0) is 17.9. The van der Waals surface area contributed by atoms with Crippen LogP contribution in [0.3, 0.4) is 0 Å². The predicted molar refractivity (Wildman–Crippen MR) is 96.0 cm³/mol. The van der Waals surface area contributed by atoms with E-state index in [-0.39, 0.29) is 12.5 Å². The summed E-state index contributed by atoms with van der Waals surface area (Å²) in [4.78, 5) is 29.0. The summed E-state index contributed by atoms with van der Waals surface area (Å²) < 4.78 is 2.17. The maximum atomic E-state index is 12.4. The van der Waals surface area contributed by atoms with Gasteiger partial charge in [-0.2, -0.15) is 9.36 Å². The Morgan fingerprint density at radius 3 is 2.65 bits per heavy atom. The van der Waals surface area contributed by atoms with E-state index in [1.165, 1.54) is 0 Å². The Labute approximate surface area is 147 Å². The lowest BCUT2D eigenvalue weighted by atomic mass is 10.2. The van der Waals surface area contributed by atoms with Gasteiger partial charge in [0.25, 0.3) is 0 Å². The third kappa shape index (κ3) is 2.95. The van der Waals surface area contributed by atoms with Gasteiger partial charge in [0.2, 0.25) is 5.91 Å². The molecule has 26 heavy (non-hydrogen) atoms. The minimum atomic E-state index is -0.481. The van der Waals surface area contributed by atoms with Crippen molar-refractivity contribution in [1.29, 1.82) is 0 Å². The minimum Gasteiger partial charge on any atom is -0.324 e. The quantitative estimate of drug-likeness (QED) is 0.606. The van der Waals surface area contributed by atoms with Gasteiger partial charge in [0, 0.05) is 11.6 Å². The van der Waals surface area contributed by atoms with Gasteiger partial charge in [0.05, 0.1) is 16.9 Å². The fourth-order valence-electron chi connectivity index (χ4n) is 2.64. The Hall–Kier alpha value is -3.81. The molecular weight excluding hydrogens is 332 g/mol. The summed E-state index contributed by atoms with van der Waals surface area (Å²) in [5.74, 6) is -0.372. The van der Waals surface area contributed by atoms with Crippen LogP contribution in [0.25, 0.3) is 16.6 Å². The van der Waals surface area contributed by atoms with E-state index in [0.29, 0.717) is 11.4 Å². The van der Waals surface area contributed by atoms with E-state index in [2.05, 4.69) is 20.7 Å². The molecular formula is C18H14N6O2. The van der Waals surface area contributed by atoms with Crippen molar-refractivity contribution < 1.29 is 4.79 Å². The summed E-state index contributed by atoms with van der Waals surface area (Å²) in [5, 5.41) is 11.2. The molecule has 0 atom stereocenters. The van der Waals surface area contributed by atoms with Crippen LogP contribution in [0.2, 0.25) is 0 Å². The average Bonchev–Trinajstić information content (AvgIpc) is 3.03. The van der Waals surface area contributed by atoms with Crippen molar-refractivity contribution in [3.05, 3.63) is 77.3 Å². The molecule has 0 aliphatic carbocycles. The Bertz CT molecular complexity index is 1130. The first-order chi connectivity index (χ1) is 12.7. The average molecular weight is 346 g/mol. The number of para-hydroxylation sites is 1. The number of nitrogens with zero attached hydrogens (tertiary/aromatic N) is 5. The lowest BCUT2D eigenvalue weighted by Gasteiger charge is -2.07. The fraction of sp³-hybridized carbons (Fsp3) is 0.0556. The predicted octanol–water partition coefficient (Wildman–Crippen LogP) is 1.62. The summed E-state index contributed by atoms with van der Waals surface area (Å²) in [6, 6.07) is 18.0. The number of carbonyl (C=O) groups is 1. The van der Waals surface area contributed by atoms with Gasteiger partial charge in [-0.3, -0.25) is 9.78 Å². The highest BCUT2D eigenvalue weighted by molar-refractivity contribution is 6.00. The number of amides is 1. The second kappa shape index (κ2) is 6.60. The van der Waals surface area contributed by atoms with Gasteiger partial charge in [-0.1, -0.05) is 24.3 Å². The highest BCUT2D eigenvalue weighted by Crippen LogP contribution is 2.21. The number of hydrogen-bond acceptors (Lipinski definition) is 5. The highest BCUT2D eigenvalue weighted by Gasteiger charge is 2.13. The van der Waals surface area contributed by atoms with Gasteiger partial charge in [0.15, 0.2) is 0 Å². The molecule has 4 aromatic rings. The van der Waals surface area contributed by atoms with Crippen LogP contribution in [0, 0.1) is 0 Å². The van der Waals surface area contributed by atoms with E-state index in [0.717, 1.165) is 20.3 Å². The topological polar surface area (TPSA) is 94.7 Å². The molecule has 8 heteroatoms. The van der Waals surface area contributed by atoms with Crippen LogP contribution in [0.15, 0.2) is 71.7 Å². The third-order valence-corrected chi connectivity index (χ3v) is 3.85. The summed E-state index contributed by atoms with van der Waals surface area (Å²) in [6.45, 7) is -0.234. The van der Waals surface area contributed by atoms with Crippen LogP contribution in [-0.4, -0.2) is 30.7 Å². The molecule has 2 heterocycles. The minimum absolute atomic E-state index is 0.234. The molecule has 0 fully saturated rings. The van der Waals surface area contributed by atoms with Crippen LogP contribution in [0.5, 0.6) is 0 Å². The molecule has 128 valence electrons. The van der Waals surface area contributed by atoms with Crippen molar-refractivity contribution in [1.82, 2.24) is 24.8 Å². The van der Waals surface area contributed by atoms with Crippen molar-refractivity contribution >= 4 is 22.5 Å². The van der Waals surface area contributed by atoms with Gasteiger partial charge >= 0.3 is 5.69 Å². The molecule has 0 unspecified atom stereocenters. The van der Waals surface area contributed by atoms with Crippen LogP contribution < -0.4 is 11.0 Å². The van der Waals surface area contributed by atoms with E-state index < -0.39 is 5.69 Å². The smallest absolute Gasteiger partial charge is 0.324 e. The molecule has 0 saturated heterocycles. The van der Waals surface area contributed by atoms with Gasteiger partial charge in [-0.15, -0.1) is 0 Å². The summed E-state index contributed by atoms with van der Waals surface area (Å²) in [6.07, 6.45) is 1.69. The highest BCUT2D eigenvalue weighted by atomic mass is 16.2. The second-order valence-electron chi connectivity index (χ2n) is 5.59. The van der Waals surface area contributed by atoms with Crippen molar-refractivity contribution in [2.75, 3.05) is 5.32 Å². The molecule has 2 aromatic heterocycles. The Morgan fingerprint density at radius 2 is 1.81 bits per heavy atom. The maximum absolute atomic E-state index is 12.4. The van der Waals surface area contributed by atoms with E-state index in [4.69, 9.17) is 0 Å². The molecule has 4 rings (SSSR count). The number of fused-ring (bicyclic) bond motifs is 1. The second-order valence-corrected chi connectivity index (χ2v) is 5.59. The number of carbonyl (C=O) groups excluding carboxylic acids is 1. The molecule has 0 radical (unpaired) electrons. The molecule has 8 nitrogen and oxygen atoms in total. The van der Waals surface area contributed by atoms with Crippen LogP contribution in [0.1, 0.15) is 0 Å². The summed E-state index contributed by atoms with van der Waals surface area (Å²) >= 11 is 0. The number of tetrazole rings is 1. The molecule has 0 aliphatic heterocycles. The van der Waals surface area contributed by atoms with Crippen molar-refractivity contribution in [3.63, 3.8) is 0 Å². The summed E-state index contributed by atoms with van der Waals surface area (Å²) in [5.41, 5.74) is 1.51. The molecule has 1 amide bonds. The van der Waals surface area contributed by atoms with Crippen LogP contribution >= 0.6 is 0 Å². The zero-order valence-electron chi connectivity index (χ0n) is 13.6. The third-order valence-electron chi connectivity index (χ3n) is 3.85. The van der Waals surface area contributed by atoms with Crippen LogP contribution in [0.4, 0.5) is 5.69 Å². The maximum Gasteiger partial charge on any atom is 0.368 e. The monoisotopic (exact) mass is 346 g/mol.